The van der Waals surface area contributed by atoms with Crippen LogP contribution >= 0.6 is 0 Å². The molecule has 2 nitrogen and oxygen atoms in total. The highest BCUT2D eigenvalue weighted by atomic mass is 16.5. The molecule has 0 saturated carbocycles. The maximum Gasteiger partial charge on any atom is 0.128 e. The van der Waals surface area contributed by atoms with E-state index < -0.39 is 0 Å². The largest absolute Gasteiger partial charge is 0.485 e. The highest BCUT2D eigenvalue weighted by Crippen LogP contribution is 2.50. The van der Waals surface area contributed by atoms with Crippen LogP contribution in [0.5, 0.6) is 5.75 Å². The van der Waals surface area contributed by atoms with Gasteiger partial charge in [-0.25, -0.2) is 0 Å². The van der Waals surface area contributed by atoms with Crippen molar-refractivity contribution in [1.82, 2.24) is 0 Å². The highest BCUT2D eigenvalue weighted by molar-refractivity contribution is 5.92. The molecule has 2 aliphatic heterocycles. The third-order valence-electron chi connectivity index (χ3n) is 4.93. The van der Waals surface area contributed by atoms with Gasteiger partial charge in [0.1, 0.15) is 11.9 Å². The zero-order valence-electron chi connectivity index (χ0n) is 14.7. The first-order valence-corrected chi connectivity index (χ1v) is 8.48. The number of ether oxygens (including phenoxy) is 1. The number of hydrogen-bond acceptors (Lipinski definition) is 2. The molecule has 0 radical (unpaired) electrons. The summed E-state index contributed by atoms with van der Waals surface area (Å²) in [6, 6.07) is 10.6. The van der Waals surface area contributed by atoms with E-state index in [1.807, 2.05) is 18.2 Å². The molecule has 1 N–H and O–H groups in total. The molecule has 4 rings (SSSR count). The molecule has 1 atom stereocenters. The van der Waals surface area contributed by atoms with Crippen molar-refractivity contribution in [3.63, 3.8) is 0 Å². The van der Waals surface area contributed by atoms with E-state index in [9.17, 15) is 0 Å². The van der Waals surface area contributed by atoms with E-state index in [0.29, 0.717) is 0 Å². The molecule has 2 heterocycles. The minimum absolute atomic E-state index is 0.0221. The fraction of sp³-hybridized carbons (Fsp3) is 0.273. The van der Waals surface area contributed by atoms with E-state index in [4.69, 9.17) is 4.74 Å². The summed E-state index contributed by atoms with van der Waals surface area (Å²) in [5.74, 6) is 0.943. The van der Waals surface area contributed by atoms with Crippen LogP contribution < -0.4 is 10.1 Å². The second kappa shape index (κ2) is 5.01. The Bertz CT molecular complexity index is 889. The van der Waals surface area contributed by atoms with Crippen molar-refractivity contribution in [2.45, 2.75) is 39.3 Å². The smallest absolute Gasteiger partial charge is 0.128 e. The first-order chi connectivity index (χ1) is 11.4. The Morgan fingerprint density at radius 3 is 2.71 bits per heavy atom. The quantitative estimate of drug-likeness (QED) is 0.690. The lowest BCUT2D eigenvalue weighted by molar-refractivity contribution is 0.223. The number of benzene rings is 2. The van der Waals surface area contributed by atoms with Gasteiger partial charge in [0.15, 0.2) is 0 Å². The van der Waals surface area contributed by atoms with Gasteiger partial charge in [0.25, 0.3) is 0 Å². The summed E-state index contributed by atoms with van der Waals surface area (Å²) in [7, 11) is 0. The van der Waals surface area contributed by atoms with Crippen LogP contribution in [0.4, 0.5) is 5.69 Å². The van der Waals surface area contributed by atoms with Crippen LogP contribution in [0.1, 0.15) is 50.5 Å². The molecular weight excluding hydrogens is 294 g/mol. The van der Waals surface area contributed by atoms with Gasteiger partial charge in [-0.3, -0.25) is 0 Å². The molecule has 24 heavy (non-hydrogen) atoms. The van der Waals surface area contributed by atoms with E-state index in [0.717, 1.165) is 16.9 Å². The maximum atomic E-state index is 6.26. The Hall–Kier alpha value is -2.48. The molecule has 0 aromatic heterocycles. The minimum Gasteiger partial charge on any atom is -0.485 e. The SMILES string of the molecule is C=Cc1cccc2c1-c1ccc3c(c1C(C)O2)C(C)=CC(C)(C)N3. The van der Waals surface area contributed by atoms with Crippen molar-refractivity contribution in [2.75, 3.05) is 5.32 Å². The van der Waals surface area contributed by atoms with Crippen LogP contribution in [0, 0.1) is 0 Å². The second-order valence-electron chi connectivity index (χ2n) is 7.31. The Balaban J connectivity index is 2.04. The molecular formula is C22H23NO. The van der Waals surface area contributed by atoms with E-state index in [2.05, 4.69) is 63.9 Å². The molecule has 0 amide bonds. The van der Waals surface area contributed by atoms with Crippen LogP contribution in [-0.2, 0) is 0 Å². The molecule has 122 valence electrons. The summed E-state index contributed by atoms with van der Waals surface area (Å²) in [5, 5.41) is 3.64. The average molecular weight is 317 g/mol. The maximum absolute atomic E-state index is 6.26. The Kier molecular flexibility index (Phi) is 3.14. The number of rotatable bonds is 1. The lowest BCUT2D eigenvalue weighted by Gasteiger charge is -2.36. The number of allylic oxidation sites excluding steroid dienone is 1. The summed E-state index contributed by atoms with van der Waals surface area (Å²) in [4.78, 5) is 0. The molecule has 2 heteroatoms. The predicted octanol–water partition coefficient (Wildman–Crippen LogP) is 6.06. The van der Waals surface area contributed by atoms with Gasteiger partial charge in [-0.15, -0.1) is 0 Å². The fourth-order valence-corrected chi connectivity index (χ4v) is 4.14. The summed E-state index contributed by atoms with van der Waals surface area (Å²) in [5.41, 5.74) is 8.54. The average Bonchev–Trinajstić information content (AvgIpc) is 2.52. The van der Waals surface area contributed by atoms with Crippen molar-refractivity contribution < 1.29 is 4.74 Å². The van der Waals surface area contributed by atoms with Gasteiger partial charge in [-0.2, -0.15) is 0 Å². The molecule has 0 spiro atoms. The van der Waals surface area contributed by atoms with Crippen LogP contribution in [0.3, 0.4) is 0 Å². The molecule has 2 aliphatic rings. The standard InChI is InChI=1S/C22H23NO/c1-6-15-8-7-9-18-21(15)16-10-11-17-19(20(16)14(3)24-18)13(2)12-22(4,5)23-17/h6-12,14,23H,1H2,2-5H3. The first-order valence-electron chi connectivity index (χ1n) is 8.48. The summed E-state index contributed by atoms with van der Waals surface area (Å²) >= 11 is 0. The second-order valence-corrected chi connectivity index (χ2v) is 7.31. The zero-order chi connectivity index (χ0) is 17.1. The third kappa shape index (κ3) is 2.10. The molecule has 2 aromatic rings. The lowest BCUT2D eigenvalue weighted by Crippen LogP contribution is -2.32. The Morgan fingerprint density at radius 1 is 1.17 bits per heavy atom. The van der Waals surface area contributed by atoms with Gasteiger partial charge >= 0.3 is 0 Å². The number of fused-ring (bicyclic) bond motifs is 5. The van der Waals surface area contributed by atoms with E-state index in [1.165, 1.54) is 28.0 Å². The zero-order valence-corrected chi connectivity index (χ0v) is 14.7. The van der Waals surface area contributed by atoms with E-state index in [1.54, 1.807) is 0 Å². The fourth-order valence-electron chi connectivity index (χ4n) is 4.14. The lowest BCUT2D eigenvalue weighted by atomic mass is 9.81. The van der Waals surface area contributed by atoms with Crippen LogP contribution in [0.2, 0.25) is 0 Å². The van der Waals surface area contributed by atoms with Gasteiger partial charge < -0.3 is 10.1 Å². The first kappa shape index (κ1) is 15.1. The summed E-state index contributed by atoms with van der Waals surface area (Å²) < 4.78 is 6.26. The predicted molar refractivity (Wildman–Crippen MR) is 102 cm³/mol. The topological polar surface area (TPSA) is 21.3 Å². The number of nitrogens with one attached hydrogen (secondary N) is 1. The number of anilines is 1. The molecule has 2 aromatic carbocycles. The third-order valence-corrected chi connectivity index (χ3v) is 4.93. The molecule has 1 unspecified atom stereocenters. The van der Waals surface area contributed by atoms with E-state index >= 15 is 0 Å². The van der Waals surface area contributed by atoms with Crippen molar-refractivity contribution in [2.24, 2.45) is 0 Å². The van der Waals surface area contributed by atoms with Crippen molar-refractivity contribution >= 4 is 17.3 Å². The normalized spacial score (nSPS) is 19.8. The molecule has 0 saturated heterocycles. The summed E-state index contributed by atoms with van der Waals surface area (Å²) in [6.07, 6.45) is 4.23. The molecule has 0 bridgehead atoms. The van der Waals surface area contributed by atoms with Gasteiger partial charge in [0.05, 0.1) is 5.54 Å². The van der Waals surface area contributed by atoms with Crippen molar-refractivity contribution in [3.05, 3.63) is 59.7 Å². The van der Waals surface area contributed by atoms with E-state index in [-0.39, 0.29) is 11.6 Å². The monoisotopic (exact) mass is 317 g/mol. The van der Waals surface area contributed by atoms with Crippen molar-refractivity contribution in [3.8, 4) is 16.9 Å². The summed E-state index contributed by atoms with van der Waals surface area (Å²) in [6.45, 7) is 12.7. The number of hydrogen-bond donors (Lipinski definition) is 1. The van der Waals surface area contributed by atoms with Gasteiger partial charge in [0.2, 0.25) is 0 Å². The van der Waals surface area contributed by atoms with Crippen LogP contribution in [-0.4, -0.2) is 5.54 Å². The van der Waals surface area contributed by atoms with Gasteiger partial charge in [-0.05, 0) is 56.5 Å². The van der Waals surface area contributed by atoms with Crippen LogP contribution in [0.15, 0.2) is 43.0 Å². The van der Waals surface area contributed by atoms with Gasteiger partial charge in [0, 0.05) is 22.4 Å². The molecule has 0 fully saturated rings. The molecule has 0 aliphatic carbocycles. The van der Waals surface area contributed by atoms with Gasteiger partial charge in [-0.1, -0.05) is 36.9 Å². The van der Waals surface area contributed by atoms with Crippen LogP contribution in [0.25, 0.3) is 22.8 Å². The Morgan fingerprint density at radius 2 is 1.96 bits per heavy atom. The highest BCUT2D eigenvalue weighted by Gasteiger charge is 2.32. The Labute approximate surface area is 143 Å². The van der Waals surface area contributed by atoms with Crippen molar-refractivity contribution in [1.29, 1.82) is 0 Å². The minimum atomic E-state index is -0.0335.